The summed E-state index contributed by atoms with van der Waals surface area (Å²) in [7, 11) is 3.62. The van der Waals surface area contributed by atoms with Crippen molar-refractivity contribution in [2.24, 2.45) is 13.0 Å². The van der Waals surface area contributed by atoms with Gasteiger partial charge in [0.25, 0.3) is 5.91 Å². The van der Waals surface area contributed by atoms with E-state index in [1.807, 2.05) is 24.2 Å². The Morgan fingerprint density at radius 1 is 1.03 bits per heavy atom. The SMILES string of the molecule is CN(CC1CCC(c2cn3cc(NC(=O)c4cncc(C(F)(F)F)n4)c(C(C)(C)O)cc3n2)CC1)[C@@H]1CCN(c2cccc3c2n(C)c(=O)n3C2CCC(=O)NC2=O)C[C@H]1F. The Labute approximate surface area is 347 Å². The average Bonchev–Trinajstić information content (AvgIpc) is 3.74. The summed E-state index contributed by atoms with van der Waals surface area (Å²) in [6.45, 7) is 4.52. The Hall–Kier alpha value is -5.69. The fourth-order valence-electron chi connectivity index (χ4n) is 9.35. The lowest BCUT2D eigenvalue weighted by atomic mass is 9.80. The molecule has 5 aromatic rings. The molecule has 2 saturated heterocycles. The topological polar surface area (TPSA) is 172 Å². The maximum atomic E-state index is 16.1. The van der Waals surface area contributed by atoms with Gasteiger partial charge >= 0.3 is 11.9 Å². The number of carbonyl (C=O) groups excluding carboxylic acids is 3. The molecule has 3 aliphatic rings. The first-order valence-corrected chi connectivity index (χ1v) is 20.5. The first-order chi connectivity index (χ1) is 28.9. The monoisotopic (exact) mass is 848 g/mol. The normalized spacial score (nSPS) is 22.9. The van der Waals surface area contributed by atoms with E-state index in [2.05, 4.69) is 25.5 Å². The highest BCUT2D eigenvalue weighted by molar-refractivity contribution is 6.03. The van der Waals surface area contributed by atoms with Gasteiger partial charge in [-0.05, 0) is 83.5 Å². The molecule has 0 spiro atoms. The van der Waals surface area contributed by atoms with Gasteiger partial charge in [0.05, 0.1) is 52.6 Å². The van der Waals surface area contributed by atoms with Gasteiger partial charge in [0, 0.05) is 56.5 Å². The predicted octanol–water partition coefficient (Wildman–Crippen LogP) is 5.08. The second-order valence-electron chi connectivity index (χ2n) is 17.1. The van der Waals surface area contributed by atoms with E-state index >= 15 is 4.39 Å². The lowest BCUT2D eigenvalue weighted by molar-refractivity contribution is -0.141. The third-order valence-corrected chi connectivity index (χ3v) is 12.5. The zero-order valence-corrected chi connectivity index (χ0v) is 34.2. The number of aryl methyl sites for hydroxylation is 1. The summed E-state index contributed by atoms with van der Waals surface area (Å²) in [4.78, 5) is 66.9. The summed E-state index contributed by atoms with van der Waals surface area (Å²) in [5, 5.41) is 15.9. The summed E-state index contributed by atoms with van der Waals surface area (Å²) in [6.07, 6.45) is 3.48. The molecule has 15 nitrogen and oxygen atoms in total. The van der Waals surface area contributed by atoms with Crippen molar-refractivity contribution in [1.29, 1.82) is 0 Å². The molecule has 3 atom stereocenters. The number of alkyl halides is 4. The molecule has 3 N–H and O–H groups in total. The number of amides is 3. The van der Waals surface area contributed by atoms with Crippen molar-refractivity contribution in [2.75, 3.05) is 36.9 Å². The van der Waals surface area contributed by atoms with Crippen molar-refractivity contribution in [3.63, 3.8) is 0 Å². The minimum Gasteiger partial charge on any atom is -0.386 e. The average molecular weight is 849 g/mol. The number of imidazole rings is 2. The number of para-hydroxylation sites is 1. The van der Waals surface area contributed by atoms with E-state index in [9.17, 15) is 37.5 Å². The standard InChI is InChI=1S/C42H48F4N10O5/c1-41(2,61)25-16-35-49-28(21-55(35)22-29(25)50-38(58)27-17-47-18-34(48-27)42(44,45)46)24-10-8-23(9-11-24)19-52(3)30-14-15-54(20-26(30)43)31-6-5-7-32-37(31)53(4)40(60)56(32)33-12-13-36(57)51-39(33)59/h5-7,16-18,21-24,26,30,33,61H,8-15,19-20H2,1-4H3,(H,50,58)(H,51,57,59)/t23?,24?,26-,30-,33?/m1/s1. The van der Waals surface area contributed by atoms with Crippen LogP contribution in [0, 0.1) is 5.92 Å². The Morgan fingerprint density at radius 2 is 1.79 bits per heavy atom. The van der Waals surface area contributed by atoms with Gasteiger partial charge in [0.2, 0.25) is 11.8 Å². The van der Waals surface area contributed by atoms with E-state index in [0.29, 0.717) is 47.3 Å². The fourth-order valence-corrected chi connectivity index (χ4v) is 9.35. The van der Waals surface area contributed by atoms with E-state index in [1.54, 1.807) is 35.8 Å². The van der Waals surface area contributed by atoms with Crippen LogP contribution in [0.15, 0.2) is 53.8 Å². The second-order valence-corrected chi connectivity index (χ2v) is 17.1. The number of aliphatic hydroxyl groups is 1. The van der Waals surface area contributed by atoms with Gasteiger partial charge in [-0.1, -0.05) is 6.07 Å². The molecule has 8 rings (SSSR count). The third-order valence-electron chi connectivity index (χ3n) is 12.5. The van der Waals surface area contributed by atoms with Crippen molar-refractivity contribution in [1.82, 2.24) is 38.7 Å². The number of rotatable bonds is 9. The van der Waals surface area contributed by atoms with Gasteiger partial charge < -0.3 is 24.6 Å². The van der Waals surface area contributed by atoms with Crippen molar-refractivity contribution in [2.45, 2.75) is 94.7 Å². The van der Waals surface area contributed by atoms with Crippen molar-refractivity contribution >= 4 is 45.8 Å². The van der Waals surface area contributed by atoms with Crippen LogP contribution in [0.4, 0.5) is 28.9 Å². The highest BCUT2D eigenvalue weighted by Gasteiger charge is 2.37. The number of hydrogen-bond acceptors (Lipinski definition) is 10. The van der Waals surface area contributed by atoms with Crippen LogP contribution in [-0.4, -0.2) is 95.1 Å². The van der Waals surface area contributed by atoms with E-state index in [-0.39, 0.29) is 48.6 Å². The number of nitrogens with one attached hydrogen (secondary N) is 2. The molecule has 1 aromatic carbocycles. The van der Waals surface area contributed by atoms with Gasteiger partial charge in [-0.3, -0.25) is 33.8 Å². The van der Waals surface area contributed by atoms with Crippen LogP contribution in [0.25, 0.3) is 16.7 Å². The Bertz CT molecular complexity index is 2570. The van der Waals surface area contributed by atoms with E-state index in [4.69, 9.17) is 4.98 Å². The zero-order chi connectivity index (χ0) is 43.5. The second kappa shape index (κ2) is 16.0. The molecule has 6 heterocycles. The first kappa shape index (κ1) is 42.0. The van der Waals surface area contributed by atoms with Crippen LogP contribution >= 0.6 is 0 Å². The van der Waals surface area contributed by atoms with Crippen molar-refractivity contribution < 1.29 is 37.1 Å². The molecule has 3 amide bonds. The minimum absolute atomic E-state index is 0.140. The first-order valence-electron chi connectivity index (χ1n) is 20.5. The number of anilines is 2. The Morgan fingerprint density at radius 3 is 2.48 bits per heavy atom. The summed E-state index contributed by atoms with van der Waals surface area (Å²) in [5.74, 6) is -1.29. The maximum absolute atomic E-state index is 16.1. The summed E-state index contributed by atoms with van der Waals surface area (Å²) in [5.41, 5.74) is 0.162. The van der Waals surface area contributed by atoms with Gasteiger partial charge in [-0.25, -0.2) is 19.2 Å². The van der Waals surface area contributed by atoms with Crippen LogP contribution in [0.1, 0.15) is 98.2 Å². The van der Waals surface area contributed by atoms with Gasteiger partial charge in [-0.15, -0.1) is 0 Å². The molecule has 61 heavy (non-hydrogen) atoms. The number of piperidine rings is 2. The van der Waals surface area contributed by atoms with E-state index < -0.39 is 47.2 Å². The molecule has 0 radical (unpaired) electrons. The number of aromatic nitrogens is 6. The molecule has 19 heteroatoms. The molecular formula is C42H48F4N10O5. The van der Waals surface area contributed by atoms with Crippen LogP contribution in [0.5, 0.6) is 0 Å². The van der Waals surface area contributed by atoms with Crippen molar-refractivity contribution in [3.05, 3.63) is 82.2 Å². The number of halogens is 4. The molecule has 324 valence electrons. The number of carbonyl (C=O) groups is 3. The molecule has 3 fully saturated rings. The van der Waals surface area contributed by atoms with Crippen LogP contribution in [-0.2, 0) is 28.4 Å². The highest BCUT2D eigenvalue weighted by Crippen LogP contribution is 2.38. The Kier molecular flexibility index (Phi) is 11.0. The molecule has 1 unspecified atom stereocenters. The summed E-state index contributed by atoms with van der Waals surface area (Å²) in [6, 6.07) is 6.01. The lowest BCUT2D eigenvalue weighted by Crippen LogP contribution is -2.52. The van der Waals surface area contributed by atoms with Crippen LogP contribution in [0.2, 0.25) is 0 Å². The molecule has 4 aromatic heterocycles. The largest absolute Gasteiger partial charge is 0.434 e. The zero-order valence-electron chi connectivity index (χ0n) is 34.2. The molecule has 0 bridgehead atoms. The minimum atomic E-state index is -4.78. The molecule has 1 saturated carbocycles. The van der Waals surface area contributed by atoms with Crippen LogP contribution in [0.3, 0.4) is 0 Å². The van der Waals surface area contributed by atoms with Crippen LogP contribution < -0.4 is 21.2 Å². The maximum Gasteiger partial charge on any atom is 0.434 e. The summed E-state index contributed by atoms with van der Waals surface area (Å²) < 4.78 is 60.5. The quantitative estimate of drug-likeness (QED) is 0.134. The highest BCUT2D eigenvalue weighted by atomic mass is 19.4. The molecular weight excluding hydrogens is 801 g/mol. The van der Waals surface area contributed by atoms with Gasteiger partial charge in [0.15, 0.2) is 5.69 Å². The van der Waals surface area contributed by atoms with Crippen molar-refractivity contribution in [3.8, 4) is 0 Å². The van der Waals surface area contributed by atoms with Gasteiger partial charge in [-0.2, -0.15) is 13.2 Å². The molecule has 1 aliphatic carbocycles. The number of nitrogens with zero attached hydrogens (tertiary/aromatic N) is 8. The lowest BCUT2D eigenvalue weighted by Gasteiger charge is -2.42. The van der Waals surface area contributed by atoms with E-state index in [1.165, 1.54) is 23.0 Å². The number of benzene rings is 1. The Balaban J connectivity index is 0.900. The van der Waals surface area contributed by atoms with E-state index in [0.717, 1.165) is 49.8 Å². The number of imide groups is 1. The third kappa shape index (κ3) is 8.24. The molecule has 2 aliphatic heterocycles. The van der Waals surface area contributed by atoms with Gasteiger partial charge in [0.1, 0.15) is 23.6 Å². The number of hydrogen-bond donors (Lipinski definition) is 3. The number of pyridine rings is 1. The number of fused-ring (bicyclic) bond motifs is 2. The summed E-state index contributed by atoms with van der Waals surface area (Å²) >= 11 is 0. The smallest absolute Gasteiger partial charge is 0.386 e. The predicted molar refractivity (Wildman–Crippen MR) is 217 cm³/mol. The fraction of sp³-hybridized carbons (Fsp3) is 0.500.